The Balaban J connectivity index is 2.28. The van der Waals surface area contributed by atoms with E-state index in [-0.39, 0.29) is 5.97 Å². The zero-order valence-corrected chi connectivity index (χ0v) is 10.9. The van der Waals surface area contributed by atoms with Crippen LogP contribution < -0.4 is 0 Å². The summed E-state index contributed by atoms with van der Waals surface area (Å²) in [5, 5.41) is 0. The summed E-state index contributed by atoms with van der Waals surface area (Å²) in [6, 6.07) is 10.2. The summed E-state index contributed by atoms with van der Waals surface area (Å²) >= 11 is 0. The van der Waals surface area contributed by atoms with Crippen molar-refractivity contribution in [3.05, 3.63) is 42.0 Å². The molecular formula is C16H20O2. The molecule has 1 saturated carbocycles. The van der Waals surface area contributed by atoms with Gasteiger partial charge in [-0.1, -0.05) is 49.6 Å². The van der Waals surface area contributed by atoms with Crippen LogP contribution in [-0.2, 0) is 9.53 Å². The number of allylic oxidation sites excluding steroid dienone is 1. The highest BCUT2D eigenvalue weighted by atomic mass is 16.5. The molecule has 1 aliphatic rings. The molecule has 1 aromatic carbocycles. The van der Waals surface area contributed by atoms with Crippen molar-refractivity contribution in [1.82, 2.24) is 0 Å². The third-order valence-electron chi connectivity index (χ3n) is 3.63. The van der Waals surface area contributed by atoms with Crippen molar-refractivity contribution in [2.45, 2.75) is 32.1 Å². The van der Waals surface area contributed by atoms with E-state index in [4.69, 9.17) is 4.74 Å². The molecule has 2 rings (SSSR count). The third kappa shape index (κ3) is 3.22. The van der Waals surface area contributed by atoms with Crippen LogP contribution in [0.5, 0.6) is 0 Å². The van der Waals surface area contributed by atoms with Crippen LogP contribution in [0, 0.1) is 5.92 Å². The number of hydrogen-bond donors (Lipinski definition) is 0. The second kappa shape index (κ2) is 6.39. The van der Waals surface area contributed by atoms with Crippen molar-refractivity contribution < 1.29 is 9.53 Å². The maximum atomic E-state index is 11.5. The molecule has 0 aromatic heterocycles. The van der Waals surface area contributed by atoms with Crippen LogP contribution in [0.3, 0.4) is 0 Å². The van der Waals surface area contributed by atoms with Crippen LogP contribution in [-0.4, -0.2) is 13.1 Å². The lowest BCUT2D eigenvalue weighted by molar-refractivity contribution is -0.134. The van der Waals surface area contributed by atoms with Crippen molar-refractivity contribution in [1.29, 1.82) is 0 Å². The van der Waals surface area contributed by atoms with Crippen molar-refractivity contribution in [3.63, 3.8) is 0 Å². The Kier molecular flexibility index (Phi) is 4.57. The fraction of sp³-hybridized carbons (Fsp3) is 0.438. The molecule has 0 atom stereocenters. The Labute approximate surface area is 109 Å². The average Bonchev–Trinajstić information content (AvgIpc) is 2.46. The smallest absolute Gasteiger partial charge is 0.330 e. The van der Waals surface area contributed by atoms with Crippen LogP contribution in [0.25, 0.3) is 5.57 Å². The van der Waals surface area contributed by atoms with Gasteiger partial charge in [-0.15, -0.1) is 0 Å². The van der Waals surface area contributed by atoms with Crippen LogP contribution in [0.2, 0.25) is 0 Å². The van der Waals surface area contributed by atoms with Gasteiger partial charge in [-0.2, -0.15) is 0 Å². The summed E-state index contributed by atoms with van der Waals surface area (Å²) < 4.78 is 4.78. The highest BCUT2D eigenvalue weighted by Gasteiger charge is 2.20. The molecule has 0 radical (unpaired) electrons. The number of methoxy groups -OCH3 is 1. The molecule has 1 aliphatic carbocycles. The molecule has 0 amide bonds. The fourth-order valence-electron chi connectivity index (χ4n) is 2.67. The molecule has 2 nitrogen and oxygen atoms in total. The summed E-state index contributed by atoms with van der Waals surface area (Å²) in [5.41, 5.74) is 2.29. The Morgan fingerprint density at radius 1 is 1.17 bits per heavy atom. The molecule has 0 saturated heterocycles. The minimum absolute atomic E-state index is 0.251. The maximum Gasteiger partial charge on any atom is 0.330 e. The summed E-state index contributed by atoms with van der Waals surface area (Å²) in [6.45, 7) is 0. The molecule has 0 spiro atoms. The number of rotatable bonds is 3. The zero-order chi connectivity index (χ0) is 12.8. The van der Waals surface area contributed by atoms with E-state index in [1.807, 2.05) is 18.2 Å². The number of benzene rings is 1. The first kappa shape index (κ1) is 12.9. The van der Waals surface area contributed by atoms with Crippen molar-refractivity contribution in [3.8, 4) is 0 Å². The highest BCUT2D eigenvalue weighted by molar-refractivity contribution is 5.91. The van der Waals surface area contributed by atoms with E-state index in [2.05, 4.69) is 12.1 Å². The predicted octanol–water partition coefficient (Wildman–Crippen LogP) is 3.82. The summed E-state index contributed by atoms with van der Waals surface area (Å²) in [5.74, 6) is 0.250. The third-order valence-corrected chi connectivity index (χ3v) is 3.63. The Hall–Kier alpha value is -1.57. The summed E-state index contributed by atoms with van der Waals surface area (Å²) in [4.78, 5) is 11.5. The van der Waals surface area contributed by atoms with Gasteiger partial charge in [0.1, 0.15) is 0 Å². The molecule has 0 aliphatic heterocycles. The minimum Gasteiger partial charge on any atom is -0.466 e. The minimum atomic E-state index is -0.251. The van der Waals surface area contributed by atoms with Gasteiger partial charge in [-0.05, 0) is 29.9 Å². The molecule has 1 fully saturated rings. The lowest BCUT2D eigenvalue weighted by Gasteiger charge is -2.24. The van der Waals surface area contributed by atoms with Crippen molar-refractivity contribution in [2.24, 2.45) is 5.92 Å². The van der Waals surface area contributed by atoms with Crippen LogP contribution >= 0.6 is 0 Å². The predicted molar refractivity (Wildman–Crippen MR) is 73.0 cm³/mol. The molecule has 18 heavy (non-hydrogen) atoms. The van der Waals surface area contributed by atoms with Gasteiger partial charge in [-0.25, -0.2) is 4.79 Å². The van der Waals surface area contributed by atoms with Crippen LogP contribution in [0.15, 0.2) is 36.4 Å². The second-order valence-corrected chi connectivity index (χ2v) is 4.82. The van der Waals surface area contributed by atoms with Crippen molar-refractivity contribution >= 4 is 11.5 Å². The van der Waals surface area contributed by atoms with Crippen LogP contribution in [0.1, 0.15) is 37.7 Å². The molecular weight excluding hydrogens is 224 g/mol. The Morgan fingerprint density at radius 2 is 1.83 bits per heavy atom. The monoisotopic (exact) mass is 244 g/mol. The SMILES string of the molecule is COC(=O)C=C(c1ccccc1)C1CCCCC1. The first-order chi connectivity index (χ1) is 8.81. The van der Waals surface area contributed by atoms with E-state index in [1.54, 1.807) is 6.08 Å². The number of carbonyl (C=O) groups is 1. The average molecular weight is 244 g/mol. The number of hydrogen-bond acceptors (Lipinski definition) is 2. The quantitative estimate of drug-likeness (QED) is 0.596. The number of ether oxygens (including phenoxy) is 1. The van der Waals surface area contributed by atoms with E-state index < -0.39 is 0 Å². The fourth-order valence-corrected chi connectivity index (χ4v) is 2.67. The molecule has 0 N–H and O–H groups in total. The second-order valence-electron chi connectivity index (χ2n) is 4.82. The standard InChI is InChI=1S/C16H20O2/c1-18-16(17)12-15(13-8-4-2-5-9-13)14-10-6-3-7-11-14/h2,4-5,8-9,12,14H,3,6-7,10-11H2,1H3. The van der Waals surface area contributed by atoms with E-state index in [0.717, 1.165) is 11.1 Å². The summed E-state index contributed by atoms with van der Waals surface area (Å²) in [6.07, 6.45) is 7.86. The van der Waals surface area contributed by atoms with E-state index in [0.29, 0.717) is 5.92 Å². The van der Waals surface area contributed by atoms with Crippen molar-refractivity contribution in [2.75, 3.05) is 7.11 Å². The van der Waals surface area contributed by atoms with E-state index in [9.17, 15) is 4.79 Å². The van der Waals surface area contributed by atoms with Gasteiger partial charge in [0.25, 0.3) is 0 Å². The number of carbonyl (C=O) groups excluding carboxylic acids is 1. The molecule has 2 heteroatoms. The van der Waals surface area contributed by atoms with Gasteiger partial charge in [0.2, 0.25) is 0 Å². The van der Waals surface area contributed by atoms with Gasteiger partial charge in [-0.3, -0.25) is 0 Å². The van der Waals surface area contributed by atoms with Gasteiger partial charge < -0.3 is 4.74 Å². The van der Waals surface area contributed by atoms with Gasteiger partial charge in [0.15, 0.2) is 0 Å². The van der Waals surface area contributed by atoms with E-state index in [1.165, 1.54) is 39.2 Å². The van der Waals surface area contributed by atoms with Gasteiger partial charge in [0.05, 0.1) is 7.11 Å². The Bertz CT molecular complexity index is 414. The first-order valence-electron chi connectivity index (χ1n) is 6.66. The maximum absolute atomic E-state index is 11.5. The number of esters is 1. The normalized spacial score (nSPS) is 17.5. The topological polar surface area (TPSA) is 26.3 Å². The molecule has 0 bridgehead atoms. The molecule has 96 valence electrons. The van der Waals surface area contributed by atoms with E-state index >= 15 is 0 Å². The molecule has 1 aromatic rings. The lowest BCUT2D eigenvalue weighted by Crippen LogP contribution is -2.10. The first-order valence-corrected chi connectivity index (χ1v) is 6.66. The molecule has 0 unspecified atom stereocenters. The molecule has 0 heterocycles. The largest absolute Gasteiger partial charge is 0.466 e. The lowest BCUT2D eigenvalue weighted by atomic mass is 9.81. The van der Waals surface area contributed by atoms with Gasteiger partial charge >= 0.3 is 5.97 Å². The van der Waals surface area contributed by atoms with Crippen LogP contribution in [0.4, 0.5) is 0 Å². The zero-order valence-electron chi connectivity index (χ0n) is 10.9. The van der Waals surface area contributed by atoms with Gasteiger partial charge in [0, 0.05) is 6.08 Å². The summed E-state index contributed by atoms with van der Waals surface area (Å²) in [7, 11) is 1.43. The Morgan fingerprint density at radius 3 is 2.44 bits per heavy atom. The highest BCUT2D eigenvalue weighted by Crippen LogP contribution is 2.35.